The summed E-state index contributed by atoms with van der Waals surface area (Å²) in [4.78, 5) is 0. The van der Waals surface area contributed by atoms with Crippen molar-refractivity contribution in [1.82, 2.24) is 0 Å². The molecule has 1 aliphatic rings. The van der Waals surface area contributed by atoms with Crippen LogP contribution in [0.4, 0.5) is 0 Å². The molecule has 0 radical (unpaired) electrons. The van der Waals surface area contributed by atoms with Crippen LogP contribution in [0, 0.1) is 5.41 Å². The van der Waals surface area contributed by atoms with Gasteiger partial charge in [0.25, 0.3) is 0 Å². The molecule has 0 bridgehead atoms. The number of halogens is 2. The fraction of sp³-hybridized carbons (Fsp3) is 0.455. The van der Waals surface area contributed by atoms with E-state index in [1.807, 2.05) is 12.1 Å². The topological polar surface area (TPSA) is 9.23 Å². The highest BCUT2D eigenvalue weighted by molar-refractivity contribution is 7.80. The van der Waals surface area contributed by atoms with Crippen LogP contribution in [0.1, 0.15) is 12.8 Å². The van der Waals surface area contributed by atoms with E-state index in [0.717, 1.165) is 5.75 Å². The first-order chi connectivity index (χ1) is 7.17. The molecule has 0 heterocycles. The number of benzene rings is 1. The molecule has 1 saturated carbocycles. The Morgan fingerprint density at radius 1 is 1.33 bits per heavy atom. The van der Waals surface area contributed by atoms with Crippen molar-refractivity contribution in [2.24, 2.45) is 5.41 Å². The molecule has 82 valence electrons. The van der Waals surface area contributed by atoms with Crippen LogP contribution in [-0.4, -0.2) is 12.4 Å². The summed E-state index contributed by atoms with van der Waals surface area (Å²) >= 11 is 16.2. The molecule has 1 fully saturated rings. The molecule has 4 heteroatoms. The fourth-order valence-electron chi connectivity index (χ4n) is 1.35. The van der Waals surface area contributed by atoms with E-state index in [9.17, 15) is 0 Å². The zero-order chi connectivity index (χ0) is 10.9. The minimum Gasteiger partial charge on any atom is -0.491 e. The van der Waals surface area contributed by atoms with Crippen LogP contribution >= 0.6 is 35.8 Å². The Kier molecular flexibility index (Phi) is 3.39. The van der Waals surface area contributed by atoms with E-state index in [4.69, 9.17) is 27.9 Å². The lowest BCUT2D eigenvalue weighted by atomic mass is 10.2. The van der Waals surface area contributed by atoms with Gasteiger partial charge in [-0.25, -0.2) is 0 Å². The van der Waals surface area contributed by atoms with E-state index in [0.29, 0.717) is 22.4 Å². The fourth-order valence-corrected chi connectivity index (χ4v) is 2.11. The minimum absolute atomic E-state index is 0.273. The zero-order valence-electron chi connectivity index (χ0n) is 8.17. The van der Waals surface area contributed by atoms with Gasteiger partial charge in [0, 0.05) is 5.41 Å². The van der Waals surface area contributed by atoms with Crippen molar-refractivity contribution in [3.8, 4) is 5.75 Å². The molecule has 15 heavy (non-hydrogen) atoms. The molecular weight excluding hydrogens is 251 g/mol. The summed E-state index contributed by atoms with van der Waals surface area (Å²) in [6.45, 7) is 0.677. The molecule has 0 amide bonds. The minimum atomic E-state index is 0.273. The molecule has 0 unspecified atom stereocenters. The molecule has 0 aliphatic heterocycles. The second-order valence-electron chi connectivity index (χ2n) is 4.00. The monoisotopic (exact) mass is 262 g/mol. The molecule has 0 saturated heterocycles. The first-order valence-corrected chi connectivity index (χ1v) is 6.23. The number of ether oxygens (including phenoxy) is 1. The van der Waals surface area contributed by atoms with Crippen molar-refractivity contribution < 1.29 is 4.74 Å². The second-order valence-corrected chi connectivity index (χ2v) is 5.10. The first-order valence-electron chi connectivity index (χ1n) is 4.85. The molecule has 0 spiro atoms. The highest BCUT2D eigenvalue weighted by Crippen LogP contribution is 2.47. The standard InChI is InChI=1S/C11H12Cl2OS/c12-8-2-1-3-9(10(8)13)14-6-11(7-15)4-5-11/h1-3,15H,4-7H2. The molecule has 1 nitrogen and oxygen atoms in total. The summed E-state index contributed by atoms with van der Waals surface area (Å²) in [5, 5.41) is 1.03. The van der Waals surface area contributed by atoms with Gasteiger partial charge in [-0.3, -0.25) is 0 Å². The number of thiol groups is 1. The SMILES string of the molecule is SCC1(COc2cccc(Cl)c2Cl)CC1. The van der Waals surface area contributed by atoms with E-state index in [1.54, 1.807) is 6.07 Å². The van der Waals surface area contributed by atoms with Crippen LogP contribution in [0.5, 0.6) is 5.75 Å². The van der Waals surface area contributed by atoms with Crippen LogP contribution in [-0.2, 0) is 0 Å². The Labute approximate surface area is 105 Å². The van der Waals surface area contributed by atoms with Gasteiger partial charge in [0.05, 0.1) is 11.6 Å². The van der Waals surface area contributed by atoms with E-state index in [1.165, 1.54) is 12.8 Å². The highest BCUT2D eigenvalue weighted by Gasteiger charge is 2.42. The zero-order valence-corrected chi connectivity index (χ0v) is 10.6. The largest absolute Gasteiger partial charge is 0.491 e. The lowest BCUT2D eigenvalue weighted by molar-refractivity contribution is 0.251. The molecular formula is C11H12Cl2OS. The summed E-state index contributed by atoms with van der Waals surface area (Å²) in [6, 6.07) is 5.43. The van der Waals surface area contributed by atoms with Crippen LogP contribution < -0.4 is 4.74 Å². The first kappa shape index (κ1) is 11.4. The van der Waals surface area contributed by atoms with Gasteiger partial charge in [0.15, 0.2) is 0 Å². The summed E-state index contributed by atoms with van der Waals surface area (Å²) in [7, 11) is 0. The van der Waals surface area contributed by atoms with E-state index >= 15 is 0 Å². The average Bonchev–Trinajstić information content (AvgIpc) is 3.01. The number of hydrogen-bond acceptors (Lipinski definition) is 2. The van der Waals surface area contributed by atoms with Gasteiger partial charge in [0.1, 0.15) is 10.8 Å². The highest BCUT2D eigenvalue weighted by atomic mass is 35.5. The molecule has 1 aromatic rings. The maximum absolute atomic E-state index is 6.01. The van der Waals surface area contributed by atoms with Gasteiger partial charge in [0.2, 0.25) is 0 Å². The van der Waals surface area contributed by atoms with Crippen molar-refractivity contribution in [3.05, 3.63) is 28.2 Å². The Morgan fingerprint density at radius 2 is 2.07 bits per heavy atom. The third-order valence-electron chi connectivity index (χ3n) is 2.74. The Hall–Kier alpha value is -0.0500. The van der Waals surface area contributed by atoms with Gasteiger partial charge in [-0.15, -0.1) is 0 Å². The second kappa shape index (κ2) is 4.44. The summed E-state index contributed by atoms with van der Waals surface area (Å²) in [6.07, 6.45) is 2.38. The Morgan fingerprint density at radius 3 is 2.67 bits per heavy atom. The Balaban J connectivity index is 2.02. The third-order valence-corrected chi connectivity index (χ3v) is 4.21. The number of hydrogen-bond donors (Lipinski definition) is 1. The van der Waals surface area contributed by atoms with E-state index < -0.39 is 0 Å². The maximum Gasteiger partial charge on any atom is 0.139 e. The lowest BCUT2D eigenvalue weighted by Crippen LogP contribution is -2.14. The van der Waals surface area contributed by atoms with Gasteiger partial charge < -0.3 is 4.74 Å². The predicted octanol–water partition coefficient (Wildman–Crippen LogP) is 4.08. The molecule has 0 aromatic heterocycles. The third kappa shape index (κ3) is 2.55. The summed E-state index contributed by atoms with van der Waals surface area (Å²) < 4.78 is 5.67. The van der Waals surface area contributed by atoms with Crippen molar-refractivity contribution in [1.29, 1.82) is 0 Å². The van der Waals surface area contributed by atoms with Gasteiger partial charge in [-0.1, -0.05) is 29.3 Å². The van der Waals surface area contributed by atoms with Crippen LogP contribution in [0.25, 0.3) is 0 Å². The normalized spacial score (nSPS) is 17.5. The molecule has 2 rings (SSSR count). The van der Waals surface area contributed by atoms with E-state index in [-0.39, 0.29) is 5.41 Å². The van der Waals surface area contributed by atoms with E-state index in [2.05, 4.69) is 12.6 Å². The van der Waals surface area contributed by atoms with Crippen LogP contribution in [0.2, 0.25) is 10.0 Å². The van der Waals surface area contributed by atoms with Crippen molar-refractivity contribution in [3.63, 3.8) is 0 Å². The Bertz CT molecular complexity index is 364. The quantitative estimate of drug-likeness (QED) is 0.805. The summed E-state index contributed by atoms with van der Waals surface area (Å²) in [5.74, 6) is 1.53. The summed E-state index contributed by atoms with van der Waals surface area (Å²) in [5.41, 5.74) is 0.273. The maximum atomic E-state index is 6.01. The average molecular weight is 263 g/mol. The molecule has 0 atom stereocenters. The predicted molar refractivity (Wildman–Crippen MR) is 67.5 cm³/mol. The van der Waals surface area contributed by atoms with Gasteiger partial charge in [-0.2, -0.15) is 12.6 Å². The van der Waals surface area contributed by atoms with Crippen molar-refractivity contribution in [2.75, 3.05) is 12.4 Å². The molecule has 0 N–H and O–H groups in total. The van der Waals surface area contributed by atoms with Gasteiger partial charge >= 0.3 is 0 Å². The molecule has 1 aliphatic carbocycles. The lowest BCUT2D eigenvalue weighted by Gasteiger charge is -2.14. The van der Waals surface area contributed by atoms with Crippen LogP contribution in [0.3, 0.4) is 0 Å². The van der Waals surface area contributed by atoms with Crippen molar-refractivity contribution in [2.45, 2.75) is 12.8 Å². The molecule has 1 aromatic carbocycles. The van der Waals surface area contributed by atoms with Crippen molar-refractivity contribution >= 4 is 35.8 Å². The van der Waals surface area contributed by atoms with Crippen LogP contribution in [0.15, 0.2) is 18.2 Å². The smallest absolute Gasteiger partial charge is 0.139 e. The van der Waals surface area contributed by atoms with Gasteiger partial charge in [-0.05, 0) is 30.7 Å². The number of rotatable bonds is 4.